The molecule has 2 atom stereocenters. The number of halogens is 1. The molecule has 1 aliphatic heterocycles. The van der Waals surface area contributed by atoms with Gasteiger partial charge in [-0.3, -0.25) is 4.79 Å². The fourth-order valence-electron chi connectivity index (χ4n) is 3.89. The van der Waals surface area contributed by atoms with Gasteiger partial charge in [-0.25, -0.2) is 24.1 Å². The number of amides is 1. The van der Waals surface area contributed by atoms with Crippen molar-refractivity contribution in [3.8, 4) is 17.3 Å². The highest BCUT2D eigenvalue weighted by Gasteiger charge is 2.32. The first kappa shape index (κ1) is 22.3. The Labute approximate surface area is 190 Å². The summed E-state index contributed by atoms with van der Waals surface area (Å²) in [4.78, 5) is 39.3. The van der Waals surface area contributed by atoms with Gasteiger partial charge in [0, 0.05) is 42.5 Å². The zero-order valence-electron chi connectivity index (χ0n) is 18.0. The summed E-state index contributed by atoms with van der Waals surface area (Å²) in [5.41, 5.74) is 0.742. The van der Waals surface area contributed by atoms with Gasteiger partial charge in [-0.2, -0.15) is 0 Å². The number of likely N-dealkylation sites (tertiary alicyclic amines) is 1. The molecule has 3 aromatic rings. The first-order chi connectivity index (χ1) is 15.9. The third kappa shape index (κ3) is 5.14. The highest BCUT2D eigenvalue weighted by atomic mass is 19.1. The van der Waals surface area contributed by atoms with E-state index in [1.807, 2.05) is 6.92 Å². The molecule has 1 fully saturated rings. The van der Waals surface area contributed by atoms with Crippen molar-refractivity contribution >= 4 is 11.9 Å². The van der Waals surface area contributed by atoms with Gasteiger partial charge in [0.1, 0.15) is 5.82 Å². The predicted octanol–water partition coefficient (Wildman–Crippen LogP) is 3.70. The number of piperidine rings is 1. The molecule has 33 heavy (non-hydrogen) atoms. The van der Waals surface area contributed by atoms with Crippen LogP contribution in [0.2, 0.25) is 0 Å². The molecule has 0 spiro atoms. The van der Waals surface area contributed by atoms with E-state index in [1.54, 1.807) is 29.4 Å². The normalized spacial score (nSPS) is 18.1. The Bertz CT molecular complexity index is 1140. The molecule has 2 unspecified atom stereocenters. The summed E-state index contributed by atoms with van der Waals surface area (Å²) >= 11 is 0. The number of hydrogen-bond donors (Lipinski definition) is 1. The second-order valence-electron chi connectivity index (χ2n) is 8.01. The lowest BCUT2D eigenvalue weighted by Crippen LogP contribution is -2.47. The minimum Gasteiger partial charge on any atom is -0.478 e. The fourth-order valence-corrected chi connectivity index (χ4v) is 3.89. The van der Waals surface area contributed by atoms with Crippen LogP contribution in [0.4, 0.5) is 4.39 Å². The number of carbonyl (C=O) groups excluding carboxylic acids is 1. The average molecular weight is 450 g/mol. The third-order valence-electron chi connectivity index (χ3n) is 5.71. The van der Waals surface area contributed by atoms with Gasteiger partial charge in [0.05, 0.1) is 23.9 Å². The molecule has 8 nitrogen and oxygen atoms in total. The van der Waals surface area contributed by atoms with Gasteiger partial charge in [-0.15, -0.1) is 0 Å². The van der Waals surface area contributed by atoms with Crippen LogP contribution in [0, 0.1) is 11.7 Å². The number of pyridine rings is 1. The van der Waals surface area contributed by atoms with E-state index in [4.69, 9.17) is 4.74 Å². The Kier molecular flexibility index (Phi) is 6.58. The molecular weight excluding hydrogens is 427 g/mol. The topological polar surface area (TPSA) is 106 Å². The number of hydrogen-bond acceptors (Lipinski definition) is 6. The summed E-state index contributed by atoms with van der Waals surface area (Å²) < 4.78 is 18.8. The standard InChI is InChI=1S/C24H23FN4O4/c1-15-3-4-16(14-33-21-8-6-18(25)12-28-21)13-29(15)23(30)20-11-17(24(31)32)5-7-19(20)22-26-9-2-10-27-22/h2,5-12,15-16H,3-4,13-14H2,1H3,(H,31,32). The molecule has 1 amide bonds. The first-order valence-corrected chi connectivity index (χ1v) is 10.6. The van der Waals surface area contributed by atoms with Crippen molar-refractivity contribution < 1.29 is 23.8 Å². The van der Waals surface area contributed by atoms with Crippen molar-refractivity contribution in [3.63, 3.8) is 0 Å². The van der Waals surface area contributed by atoms with E-state index in [2.05, 4.69) is 15.0 Å². The minimum absolute atomic E-state index is 0.0185. The van der Waals surface area contributed by atoms with Crippen molar-refractivity contribution in [1.82, 2.24) is 19.9 Å². The van der Waals surface area contributed by atoms with Crippen molar-refractivity contribution in [2.45, 2.75) is 25.8 Å². The number of carboxylic acid groups (broad SMARTS) is 1. The lowest BCUT2D eigenvalue weighted by molar-refractivity contribution is 0.0503. The Balaban J connectivity index is 1.57. The smallest absolute Gasteiger partial charge is 0.335 e. The molecule has 3 heterocycles. The number of carbonyl (C=O) groups is 2. The van der Waals surface area contributed by atoms with E-state index >= 15 is 0 Å². The Morgan fingerprint density at radius 2 is 1.94 bits per heavy atom. The Hall–Kier alpha value is -3.88. The monoisotopic (exact) mass is 450 g/mol. The second kappa shape index (κ2) is 9.72. The molecule has 170 valence electrons. The number of rotatable bonds is 6. The van der Waals surface area contributed by atoms with Crippen LogP contribution < -0.4 is 4.74 Å². The van der Waals surface area contributed by atoms with Crippen LogP contribution in [-0.2, 0) is 0 Å². The van der Waals surface area contributed by atoms with Gasteiger partial charge in [0.2, 0.25) is 5.88 Å². The van der Waals surface area contributed by atoms with Crippen LogP contribution in [-0.4, -0.2) is 56.0 Å². The number of carboxylic acids is 1. The molecule has 1 N–H and O–H groups in total. The van der Waals surface area contributed by atoms with Crippen LogP contribution >= 0.6 is 0 Å². The molecule has 1 aromatic carbocycles. The molecule has 9 heteroatoms. The molecule has 0 radical (unpaired) electrons. The van der Waals surface area contributed by atoms with Crippen molar-refractivity contribution in [2.75, 3.05) is 13.2 Å². The molecule has 4 rings (SSSR count). The van der Waals surface area contributed by atoms with E-state index in [0.717, 1.165) is 19.0 Å². The lowest BCUT2D eigenvalue weighted by Gasteiger charge is -2.38. The van der Waals surface area contributed by atoms with Crippen LogP contribution in [0.5, 0.6) is 5.88 Å². The van der Waals surface area contributed by atoms with Crippen LogP contribution in [0.3, 0.4) is 0 Å². The molecule has 1 aliphatic rings. The summed E-state index contributed by atoms with van der Waals surface area (Å²) in [7, 11) is 0. The Morgan fingerprint density at radius 3 is 2.64 bits per heavy atom. The summed E-state index contributed by atoms with van der Waals surface area (Å²) in [5.74, 6) is -1.11. The highest BCUT2D eigenvalue weighted by molar-refractivity contribution is 6.02. The second-order valence-corrected chi connectivity index (χ2v) is 8.01. The van der Waals surface area contributed by atoms with Gasteiger partial charge in [-0.1, -0.05) is 0 Å². The fraction of sp³-hybridized carbons (Fsp3) is 0.292. The van der Waals surface area contributed by atoms with E-state index < -0.39 is 11.8 Å². The van der Waals surface area contributed by atoms with E-state index in [9.17, 15) is 19.1 Å². The number of nitrogens with zero attached hydrogens (tertiary/aromatic N) is 4. The summed E-state index contributed by atoms with van der Waals surface area (Å²) in [6.07, 6.45) is 5.86. The number of benzene rings is 1. The van der Waals surface area contributed by atoms with Gasteiger partial charge in [0.15, 0.2) is 5.82 Å². The largest absolute Gasteiger partial charge is 0.478 e. The molecule has 2 aromatic heterocycles. The third-order valence-corrected chi connectivity index (χ3v) is 5.71. The summed E-state index contributed by atoms with van der Waals surface area (Å²) in [5, 5.41) is 9.45. The zero-order valence-corrected chi connectivity index (χ0v) is 18.0. The average Bonchev–Trinajstić information content (AvgIpc) is 2.84. The number of ether oxygens (including phenoxy) is 1. The Morgan fingerprint density at radius 1 is 1.15 bits per heavy atom. The van der Waals surface area contributed by atoms with E-state index in [0.29, 0.717) is 30.4 Å². The van der Waals surface area contributed by atoms with Crippen LogP contribution in [0.1, 0.15) is 40.5 Å². The first-order valence-electron chi connectivity index (χ1n) is 10.6. The predicted molar refractivity (Wildman–Crippen MR) is 117 cm³/mol. The quantitative estimate of drug-likeness (QED) is 0.610. The number of aromatic carboxylic acids is 1. The van der Waals surface area contributed by atoms with Gasteiger partial charge in [0.25, 0.3) is 5.91 Å². The zero-order chi connectivity index (χ0) is 23.4. The highest BCUT2D eigenvalue weighted by Crippen LogP contribution is 2.28. The van der Waals surface area contributed by atoms with Crippen LogP contribution in [0.15, 0.2) is 55.0 Å². The van der Waals surface area contributed by atoms with Crippen molar-refractivity contribution in [1.29, 1.82) is 0 Å². The summed E-state index contributed by atoms with van der Waals surface area (Å²) in [6, 6.07) is 8.78. The molecule has 1 saturated heterocycles. The van der Waals surface area contributed by atoms with Gasteiger partial charge < -0.3 is 14.7 Å². The minimum atomic E-state index is -1.12. The maximum absolute atomic E-state index is 13.6. The lowest BCUT2D eigenvalue weighted by atomic mass is 9.92. The van der Waals surface area contributed by atoms with E-state index in [1.165, 1.54) is 24.3 Å². The van der Waals surface area contributed by atoms with Gasteiger partial charge >= 0.3 is 5.97 Å². The van der Waals surface area contributed by atoms with Crippen molar-refractivity contribution in [2.24, 2.45) is 5.92 Å². The maximum atomic E-state index is 13.6. The van der Waals surface area contributed by atoms with E-state index in [-0.39, 0.29) is 29.0 Å². The van der Waals surface area contributed by atoms with Crippen molar-refractivity contribution in [3.05, 3.63) is 71.9 Å². The molecular formula is C24H23FN4O4. The maximum Gasteiger partial charge on any atom is 0.335 e. The summed E-state index contributed by atoms with van der Waals surface area (Å²) in [6.45, 7) is 2.74. The van der Waals surface area contributed by atoms with Crippen LogP contribution in [0.25, 0.3) is 11.4 Å². The molecule has 0 aliphatic carbocycles. The molecule has 0 saturated carbocycles. The van der Waals surface area contributed by atoms with Gasteiger partial charge in [-0.05, 0) is 50.1 Å². The molecule has 0 bridgehead atoms. The SMILES string of the molecule is CC1CCC(COc2ccc(F)cn2)CN1C(=O)c1cc(C(=O)O)ccc1-c1ncccn1. The number of aromatic nitrogens is 3.